The molecule has 11 nitrogen and oxygen atoms in total. The van der Waals surface area contributed by atoms with Gasteiger partial charge in [-0.2, -0.15) is 0 Å². The van der Waals surface area contributed by atoms with E-state index in [1.807, 2.05) is 0 Å². The van der Waals surface area contributed by atoms with Gasteiger partial charge in [0.25, 0.3) is 0 Å². The molecule has 1 rings (SSSR count). The average Bonchev–Trinajstić information content (AvgIpc) is 3.29. The van der Waals surface area contributed by atoms with Crippen LogP contribution in [0.15, 0.2) is 60.8 Å². The molecule has 0 radical (unpaired) electrons. The van der Waals surface area contributed by atoms with Crippen LogP contribution in [0, 0.1) is 0 Å². The predicted octanol–water partition coefficient (Wildman–Crippen LogP) is 12.3. The number of aliphatic hydroxyl groups is 3. The predicted molar refractivity (Wildman–Crippen MR) is 261 cm³/mol. The summed E-state index contributed by atoms with van der Waals surface area (Å²) in [7, 11) is 0. The van der Waals surface area contributed by atoms with E-state index in [1.165, 1.54) is 83.5 Å². The maximum atomic E-state index is 12.8. The lowest BCUT2D eigenvalue weighted by atomic mass is 9.99. The van der Waals surface area contributed by atoms with Gasteiger partial charge in [0.1, 0.15) is 24.9 Å². The fraction of sp³-hybridized carbons (Fsp3) is 0.759. The molecule has 0 spiro atoms. The minimum atomic E-state index is -1.86. The highest BCUT2D eigenvalue weighted by molar-refractivity contribution is 5.73. The Hall–Kier alpha value is -3.09. The zero-order chi connectivity index (χ0) is 47.4. The molecule has 6 atom stereocenters. The van der Waals surface area contributed by atoms with Crippen molar-refractivity contribution in [3.63, 3.8) is 0 Å². The summed E-state index contributed by atoms with van der Waals surface area (Å²) in [5.74, 6) is -2.46. The third kappa shape index (κ3) is 34.8. The SMILES string of the molecule is CC/C=C\C/C=C\C/C=C\C/C=C\CCCCCCCCCCCCC(=O)OCC(COC1OC(C(=O)O)C(O)C(O)C1O)OC(=O)CCCCCCC/C=C\CCCCCCCCC. The number of aliphatic hydroxyl groups excluding tert-OH is 3. The Balaban J connectivity index is 2.29. The Bertz CT molecular complexity index is 1310. The summed E-state index contributed by atoms with van der Waals surface area (Å²) in [4.78, 5) is 37.0. The molecule has 0 saturated carbocycles. The Kier molecular flexibility index (Phi) is 40.1. The van der Waals surface area contributed by atoms with Gasteiger partial charge >= 0.3 is 17.9 Å². The van der Waals surface area contributed by atoms with Crippen LogP contribution in [-0.4, -0.2) is 88.4 Å². The van der Waals surface area contributed by atoms with Crippen LogP contribution in [0.3, 0.4) is 0 Å². The molecule has 0 amide bonds. The Morgan fingerprint density at radius 1 is 0.492 bits per heavy atom. The first kappa shape index (κ1) is 59.9. The van der Waals surface area contributed by atoms with Crippen molar-refractivity contribution >= 4 is 17.9 Å². The fourth-order valence-electron chi connectivity index (χ4n) is 7.57. The highest BCUT2D eigenvalue weighted by Gasteiger charge is 2.47. The van der Waals surface area contributed by atoms with Crippen LogP contribution in [0.1, 0.15) is 213 Å². The normalized spacial score (nSPS) is 19.7. The van der Waals surface area contributed by atoms with Gasteiger partial charge in [0.15, 0.2) is 18.5 Å². The topological polar surface area (TPSA) is 169 Å². The van der Waals surface area contributed by atoms with Gasteiger partial charge in [-0.15, -0.1) is 0 Å². The van der Waals surface area contributed by atoms with Crippen LogP contribution >= 0.6 is 0 Å². The maximum absolute atomic E-state index is 12.8. The molecule has 0 aromatic carbocycles. The van der Waals surface area contributed by atoms with Crippen LogP contribution in [0.25, 0.3) is 0 Å². The van der Waals surface area contributed by atoms with Gasteiger partial charge in [-0.25, -0.2) is 4.79 Å². The van der Waals surface area contributed by atoms with Gasteiger partial charge in [0, 0.05) is 12.8 Å². The Morgan fingerprint density at radius 2 is 0.908 bits per heavy atom. The first-order valence-corrected chi connectivity index (χ1v) is 25.8. The Morgan fingerprint density at radius 3 is 1.38 bits per heavy atom. The number of unbranched alkanes of at least 4 members (excludes halogenated alkanes) is 22. The molecule has 0 aliphatic carbocycles. The van der Waals surface area contributed by atoms with Crippen molar-refractivity contribution in [1.29, 1.82) is 0 Å². The number of aliphatic carboxylic acids is 1. The average molecular weight is 917 g/mol. The van der Waals surface area contributed by atoms with E-state index in [0.717, 1.165) is 89.9 Å². The van der Waals surface area contributed by atoms with Crippen LogP contribution in [0.2, 0.25) is 0 Å². The van der Waals surface area contributed by atoms with Crippen molar-refractivity contribution in [3.8, 4) is 0 Å². The molecular weight excluding hydrogens is 825 g/mol. The molecule has 1 heterocycles. The number of hydrogen-bond acceptors (Lipinski definition) is 10. The van der Waals surface area contributed by atoms with Crippen molar-refractivity contribution in [3.05, 3.63) is 60.8 Å². The zero-order valence-corrected chi connectivity index (χ0v) is 40.7. The molecule has 1 aliphatic heterocycles. The third-order valence-electron chi connectivity index (χ3n) is 11.6. The molecule has 1 saturated heterocycles. The molecule has 1 fully saturated rings. The number of carbonyl (C=O) groups excluding carboxylic acids is 2. The lowest BCUT2D eigenvalue weighted by Crippen LogP contribution is -2.60. The van der Waals surface area contributed by atoms with Crippen LogP contribution < -0.4 is 0 Å². The van der Waals surface area contributed by atoms with Crippen molar-refractivity contribution in [2.24, 2.45) is 0 Å². The van der Waals surface area contributed by atoms with E-state index >= 15 is 0 Å². The summed E-state index contributed by atoms with van der Waals surface area (Å²) in [6.45, 7) is 3.70. The molecule has 1 aliphatic rings. The van der Waals surface area contributed by atoms with Gasteiger partial charge in [0.2, 0.25) is 0 Å². The van der Waals surface area contributed by atoms with Gasteiger partial charge in [-0.3, -0.25) is 9.59 Å². The second-order valence-electron chi connectivity index (χ2n) is 17.6. The number of ether oxygens (including phenoxy) is 4. The van der Waals surface area contributed by atoms with Crippen LogP contribution in [0.4, 0.5) is 0 Å². The Labute approximate surface area is 394 Å². The smallest absolute Gasteiger partial charge is 0.335 e. The van der Waals surface area contributed by atoms with E-state index in [9.17, 15) is 34.8 Å². The van der Waals surface area contributed by atoms with E-state index in [-0.39, 0.29) is 19.4 Å². The second kappa shape index (κ2) is 43.5. The van der Waals surface area contributed by atoms with E-state index in [1.54, 1.807) is 0 Å². The largest absolute Gasteiger partial charge is 0.479 e. The van der Waals surface area contributed by atoms with Crippen LogP contribution in [-0.2, 0) is 33.3 Å². The molecule has 0 aromatic heterocycles. The summed E-state index contributed by atoms with van der Waals surface area (Å²) in [6.07, 6.45) is 45.5. The molecule has 0 aromatic rings. The van der Waals surface area contributed by atoms with E-state index < -0.39 is 61.3 Å². The van der Waals surface area contributed by atoms with E-state index in [4.69, 9.17) is 18.9 Å². The molecule has 65 heavy (non-hydrogen) atoms. The van der Waals surface area contributed by atoms with Crippen molar-refractivity contribution in [2.75, 3.05) is 13.2 Å². The highest BCUT2D eigenvalue weighted by Crippen LogP contribution is 2.23. The second-order valence-corrected chi connectivity index (χ2v) is 17.6. The number of rotatable bonds is 43. The van der Waals surface area contributed by atoms with Gasteiger partial charge < -0.3 is 39.4 Å². The molecule has 4 N–H and O–H groups in total. The van der Waals surface area contributed by atoms with E-state index in [0.29, 0.717) is 12.8 Å². The minimum Gasteiger partial charge on any atom is -0.479 e. The summed E-state index contributed by atoms with van der Waals surface area (Å²) in [5.41, 5.74) is 0. The van der Waals surface area contributed by atoms with Gasteiger partial charge in [-0.05, 0) is 77.0 Å². The zero-order valence-electron chi connectivity index (χ0n) is 40.7. The minimum absolute atomic E-state index is 0.171. The number of carbonyl (C=O) groups is 3. The summed E-state index contributed by atoms with van der Waals surface area (Å²) in [5, 5.41) is 39.9. The van der Waals surface area contributed by atoms with E-state index in [2.05, 4.69) is 74.6 Å². The van der Waals surface area contributed by atoms with Crippen molar-refractivity contribution < 1.29 is 53.8 Å². The molecule has 6 unspecified atom stereocenters. The first-order valence-electron chi connectivity index (χ1n) is 25.8. The summed E-state index contributed by atoms with van der Waals surface area (Å²) in [6, 6.07) is 0. The highest BCUT2D eigenvalue weighted by atomic mass is 16.7. The number of esters is 2. The summed E-state index contributed by atoms with van der Waals surface area (Å²) >= 11 is 0. The number of allylic oxidation sites excluding steroid dienone is 10. The number of carboxylic acid groups (broad SMARTS) is 1. The van der Waals surface area contributed by atoms with Crippen LogP contribution in [0.5, 0.6) is 0 Å². The quantitative estimate of drug-likeness (QED) is 0.0261. The number of hydrogen-bond donors (Lipinski definition) is 4. The van der Waals surface area contributed by atoms with Crippen molar-refractivity contribution in [1.82, 2.24) is 0 Å². The standard InChI is InChI=1S/C54H92O11/c1-3-5-7-9-11-13-15-17-19-21-22-23-24-25-26-27-29-30-32-34-36-38-40-42-47(55)62-44-46(45-63-54-51(59)49(57)50(58)52(65-54)53(60)61)64-48(56)43-41-39-37-35-33-31-28-20-18-16-14-12-10-8-6-4-2/h5,7,11,13,17,19-20,22-23,28,46,49-52,54,57-59H,3-4,6,8-10,12,14-16,18,21,24-27,29-45H2,1-2H3,(H,60,61)/b7-5-,13-11-,19-17-,23-22-,28-20-. The lowest BCUT2D eigenvalue weighted by Gasteiger charge is -2.38. The van der Waals surface area contributed by atoms with Crippen molar-refractivity contribution in [2.45, 2.75) is 250 Å². The molecule has 0 bridgehead atoms. The van der Waals surface area contributed by atoms with Gasteiger partial charge in [-0.1, -0.05) is 184 Å². The van der Waals surface area contributed by atoms with Gasteiger partial charge in [0.05, 0.1) is 6.61 Å². The maximum Gasteiger partial charge on any atom is 0.335 e. The first-order chi connectivity index (χ1) is 31.7. The lowest BCUT2D eigenvalue weighted by molar-refractivity contribution is -0.298. The molecule has 374 valence electrons. The molecular formula is C54H92O11. The fourth-order valence-corrected chi connectivity index (χ4v) is 7.57. The monoisotopic (exact) mass is 917 g/mol. The molecule has 11 heteroatoms. The summed E-state index contributed by atoms with van der Waals surface area (Å²) < 4.78 is 21.8. The third-order valence-corrected chi connectivity index (χ3v) is 11.6. The number of carboxylic acids is 1.